The number of hydrogen-bond donors (Lipinski definition) is 1. The summed E-state index contributed by atoms with van der Waals surface area (Å²) in [7, 11) is 1.65. The maximum atomic E-state index is 10.5. The smallest absolute Gasteiger partial charge is 0.109 e. The number of benzene rings is 1. The highest BCUT2D eigenvalue weighted by Gasteiger charge is 2.42. The predicted molar refractivity (Wildman–Crippen MR) is 69.6 cm³/mol. The fraction of sp³-hybridized carbons (Fsp3) is 0.538. The SMILES string of the molecule is COC1(C(O)c2cccc(Cl)c2Cl)CCCC1. The zero-order valence-corrected chi connectivity index (χ0v) is 11.3. The van der Waals surface area contributed by atoms with Crippen molar-refractivity contribution in [3.8, 4) is 0 Å². The number of hydrogen-bond acceptors (Lipinski definition) is 2. The van der Waals surface area contributed by atoms with Crippen LogP contribution in [-0.4, -0.2) is 17.8 Å². The van der Waals surface area contributed by atoms with Crippen molar-refractivity contribution in [3.63, 3.8) is 0 Å². The van der Waals surface area contributed by atoms with Gasteiger partial charge in [-0.1, -0.05) is 48.2 Å². The van der Waals surface area contributed by atoms with Gasteiger partial charge < -0.3 is 9.84 Å². The lowest BCUT2D eigenvalue weighted by molar-refractivity contribution is -0.100. The van der Waals surface area contributed by atoms with E-state index in [4.69, 9.17) is 27.9 Å². The molecule has 0 spiro atoms. The monoisotopic (exact) mass is 274 g/mol. The van der Waals surface area contributed by atoms with E-state index in [-0.39, 0.29) is 0 Å². The van der Waals surface area contributed by atoms with Crippen LogP contribution in [0.4, 0.5) is 0 Å². The van der Waals surface area contributed by atoms with E-state index in [1.54, 1.807) is 25.3 Å². The molecule has 1 fully saturated rings. The molecule has 0 saturated heterocycles. The predicted octanol–water partition coefficient (Wildman–Crippen LogP) is 3.99. The summed E-state index contributed by atoms with van der Waals surface area (Å²) in [5.41, 5.74) is 0.150. The van der Waals surface area contributed by atoms with Gasteiger partial charge in [0.2, 0.25) is 0 Å². The van der Waals surface area contributed by atoms with E-state index in [1.165, 1.54) is 0 Å². The second-order valence-electron chi connectivity index (χ2n) is 4.52. The average molecular weight is 275 g/mol. The second kappa shape index (κ2) is 5.15. The molecule has 0 amide bonds. The third kappa shape index (κ3) is 2.32. The first kappa shape index (κ1) is 13.2. The first-order valence-corrected chi connectivity index (χ1v) is 6.53. The highest BCUT2D eigenvalue weighted by molar-refractivity contribution is 6.42. The van der Waals surface area contributed by atoms with Gasteiger partial charge in [-0.3, -0.25) is 0 Å². The second-order valence-corrected chi connectivity index (χ2v) is 5.31. The molecule has 17 heavy (non-hydrogen) atoms. The van der Waals surface area contributed by atoms with Crippen molar-refractivity contribution in [1.29, 1.82) is 0 Å². The zero-order valence-electron chi connectivity index (χ0n) is 9.75. The molecule has 1 N–H and O–H groups in total. The zero-order chi connectivity index (χ0) is 12.5. The minimum atomic E-state index is -0.721. The Morgan fingerprint density at radius 3 is 2.53 bits per heavy atom. The molecule has 2 nitrogen and oxygen atoms in total. The van der Waals surface area contributed by atoms with Crippen molar-refractivity contribution in [3.05, 3.63) is 33.8 Å². The van der Waals surface area contributed by atoms with Gasteiger partial charge in [0.1, 0.15) is 6.10 Å². The molecule has 1 atom stereocenters. The normalized spacial score (nSPS) is 20.5. The summed E-state index contributed by atoms with van der Waals surface area (Å²) in [5, 5.41) is 11.4. The van der Waals surface area contributed by atoms with Gasteiger partial charge in [-0.2, -0.15) is 0 Å². The van der Waals surface area contributed by atoms with Gasteiger partial charge in [0.15, 0.2) is 0 Å². The molecule has 0 aromatic heterocycles. The lowest BCUT2D eigenvalue weighted by Crippen LogP contribution is -2.35. The quantitative estimate of drug-likeness (QED) is 0.903. The number of aliphatic hydroxyl groups is 1. The van der Waals surface area contributed by atoms with Crippen molar-refractivity contribution in [2.75, 3.05) is 7.11 Å². The van der Waals surface area contributed by atoms with Gasteiger partial charge in [-0.15, -0.1) is 0 Å². The van der Waals surface area contributed by atoms with Crippen LogP contribution in [0.2, 0.25) is 10.0 Å². The third-order valence-corrected chi connectivity index (χ3v) is 4.46. The molecule has 94 valence electrons. The largest absolute Gasteiger partial charge is 0.385 e. The van der Waals surface area contributed by atoms with Crippen molar-refractivity contribution in [2.24, 2.45) is 0 Å². The van der Waals surface area contributed by atoms with Gasteiger partial charge in [0.05, 0.1) is 15.6 Å². The summed E-state index contributed by atoms with van der Waals surface area (Å²) in [6.07, 6.45) is 3.13. The van der Waals surface area contributed by atoms with E-state index in [1.807, 2.05) is 0 Å². The molecule has 1 aromatic rings. The van der Waals surface area contributed by atoms with Crippen LogP contribution in [0.5, 0.6) is 0 Å². The minimum absolute atomic E-state index is 0.421. The number of ether oxygens (including phenoxy) is 1. The van der Waals surface area contributed by atoms with E-state index in [2.05, 4.69) is 0 Å². The lowest BCUT2D eigenvalue weighted by Gasteiger charge is -2.33. The highest BCUT2D eigenvalue weighted by atomic mass is 35.5. The Kier molecular flexibility index (Phi) is 3.99. The summed E-state index contributed by atoms with van der Waals surface area (Å²) in [6.45, 7) is 0. The molecule has 2 rings (SSSR count). The molecule has 0 bridgehead atoms. The Morgan fingerprint density at radius 1 is 1.29 bits per heavy atom. The lowest BCUT2D eigenvalue weighted by atomic mass is 9.89. The number of methoxy groups -OCH3 is 1. The molecule has 0 aliphatic heterocycles. The molecule has 1 saturated carbocycles. The Bertz CT molecular complexity index is 400. The summed E-state index contributed by atoms with van der Waals surface area (Å²) < 4.78 is 5.56. The Hall–Kier alpha value is -0.280. The fourth-order valence-corrected chi connectivity index (χ4v) is 2.99. The van der Waals surface area contributed by atoms with Crippen LogP contribution >= 0.6 is 23.2 Å². The van der Waals surface area contributed by atoms with Crippen LogP contribution in [0, 0.1) is 0 Å². The Morgan fingerprint density at radius 2 is 1.94 bits per heavy atom. The van der Waals surface area contributed by atoms with Gasteiger partial charge in [-0.25, -0.2) is 0 Å². The first-order chi connectivity index (χ1) is 8.10. The molecular formula is C13H16Cl2O2. The molecule has 4 heteroatoms. The molecular weight excluding hydrogens is 259 g/mol. The summed E-state index contributed by atoms with van der Waals surface area (Å²) in [4.78, 5) is 0. The standard InChI is InChI=1S/C13H16Cl2O2/c1-17-13(7-2-3-8-13)12(16)9-5-4-6-10(14)11(9)15/h4-6,12,16H,2-3,7-8H2,1H3. The van der Waals surface area contributed by atoms with E-state index in [0.717, 1.165) is 25.7 Å². The van der Waals surface area contributed by atoms with Crippen molar-refractivity contribution < 1.29 is 9.84 Å². The summed E-state index contributed by atoms with van der Waals surface area (Å²) in [5.74, 6) is 0. The maximum Gasteiger partial charge on any atom is 0.109 e. The van der Waals surface area contributed by atoms with Gasteiger partial charge in [-0.05, 0) is 18.9 Å². The first-order valence-electron chi connectivity index (χ1n) is 5.78. The number of aliphatic hydroxyl groups excluding tert-OH is 1. The van der Waals surface area contributed by atoms with E-state index >= 15 is 0 Å². The van der Waals surface area contributed by atoms with Gasteiger partial charge >= 0.3 is 0 Å². The molecule has 1 aliphatic rings. The average Bonchev–Trinajstić information content (AvgIpc) is 2.82. The van der Waals surface area contributed by atoms with Crippen LogP contribution in [0.3, 0.4) is 0 Å². The van der Waals surface area contributed by atoms with Crippen LogP contribution in [-0.2, 0) is 4.74 Å². The Balaban J connectivity index is 2.35. The van der Waals surface area contributed by atoms with Crippen molar-refractivity contribution >= 4 is 23.2 Å². The van der Waals surface area contributed by atoms with Gasteiger partial charge in [0, 0.05) is 12.7 Å². The minimum Gasteiger partial charge on any atom is -0.385 e. The fourth-order valence-electron chi connectivity index (χ4n) is 2.58. The van der Waals surface area contributed by atoms with E-state index in [0.29, 0.717) is 15.6 Å². The number of rotatable bonds is 3. The van der Waals surface area contributed by atoms with Crippen LogP contribution < -0.4 is 0 Å². The third-order valence-electron chi connectivity index (χ3n) is 3.63. The van der Waals surface area contributed by atoms with Crippen molar-refractivity contribution in [1.82, 2.24) is 0 Å². The van der Waals surface area contributed by atoms with Gasteiger partial charge in [0.25, 0.3) is 0 Å². The van der Waals surface area contributed by atoms with Crippen LogP contribution in [0.15, 0.2) is 18.2 Å². The van der Waals surface area contributed by atoms with Crippen LogP contribution in [0.1, 0.15) is 37.4 Å². The molecule has 0 heterocycles. The Labute approximate surface area is 111 Å². The summed E-state index contributed by atoms with van der Waals surface area (Å²) >= 11 is 12.1. The molecule has 1 aliphatic carbocycles. The summed E-state index contributed by atoms with van der Waals surface area (Å²) in [6, 6.07) is 5.32. The van der Waals surface area contributed by atoms with E-state index < -0.39 is 11.7 Å². The number of halogens is 2. The topological polar surface area (TPSA) is 29.5 Å². The molecule has 1 unspecified atom stereocenters. The maximum absolute atomic E-state index is 10.5. The van der Waals surface area contributed by atoms with Crippen LogP contribution in [0.25, 0.3) is 0 Å². The molecule has 0 radical (unpaired) electrons. The van der Waals surface area contributed by atoms with E-state index in [9.17, 15) is 5.11 Å². The molecule has 1 aromatic carbocycles. The van der Waals surface area contributed by atoms with Crippen molar-refractivity contribution in [2.45, 2.75) is 37.4 Å². The highest BCUT2D eigenvalue weighted by Crippen LogP contribution is 2.45.